The summed E-state index contributed by atoms with van der Waals surface area (Å²) in [7, 11) is 1.17. The van der Waals surface area contributed by atoms with Crippen LogP contribution < -0.4 is 9.47 Å². The van der Waals surface area contributed by atoms with Crippen molar-refractivity contribution in [2.75, 3.05) is 7.11 Å². The molecular formula is C20H13F4N3O2. The molecule has 0 amide bonds. The number of hydrogen-bond donors (Lipinski definition) is 1. The number of para-hydroxylation sites is 1. The molecule has 0 aliphatic carbocycles. The molecule has 0 aliphatic heterocycles. The fraction of sp³-hybridized carbons (Fsp3) is 0.100. The minimum atomic E-state index is -4.58. The van der Waals surface area contributed by atoms with Crippen LogP contribution in [0.25, 0.3) is 22.4 Å². The SMILES string of the molecule is COc1ccc(-c2ncc3c(Oc4ccccc4F)c[nH]c3n2)cc1C(F)(F)F. The van der Waals surface area contributed by atoms with Gasteiger partial charge in [0.1, 0.15) is 11.4 Å². The average Bonchev–Trinajstić information content (AvgIpc) is 3.10. The topological polar surface area (TPSA) is 60.0 Å². The lowest BCUT2D eigenvalue weighted by atomic mass is 10.1. The number of aromatic amines is 1. The van der Waals surface area contributed by atoms with Crippen molar-refractivity contribution >= 4 is 11.0 Å². The lowest BCUT2D eigenvalue weighted by Crippen LogP contribution is -2.08. The molecule has 2 aromatic carbocycles. The number of rotatable bonds is 4. The van der Waals surface area contributed by atoms with Gasteiger partial charge in [-0.2, -0.15) is 13.2 Å². The summed E-state index contributed by atoms with van der Waals surface area (Å²) < 4.78 is 63.9. The summed E-state index contributed by atoms with van der Waals surface area (Å²) in [4.78, 5) is 11.3. The summed E-state index contributed by atoms with van der Waals surface area (Å²) in [5, 5.41) is 0.460. The third-order valence-electron chi connectivity index (χ3n) is 4.21. The maximum Gasteiger partial charge on any atom is 0.419 e. The first-order valence-corrected chi connectivity index (χ1v) is 8.39. The number of nitrogens with one attached hydrogen (secondary N) is 1. The molecule has 0 atom stereocenters. The zero-order valence-electron chi connectivity index (χ0n) is 14.9. The van der Waals surface area contributed by atoms with Crippen LogP contribution in [0.5, 0.6) is 17.2 Å². The highest BCUT2D eigenvalue weighted by Gasteiger charge is 2.34. The molecule has 2 heterocycles. The maximum absolute atomic E-state index is 13.8. The lowest BCUT2D eigenvalue weighted by molar-refractivity contribution is -0.138. The first-order chi connectivity index (χ1) is 13.9. The predicted octanol–water partition coefficient (Wildman–Crippen LogP) is 5.58. The van der Waals surface area contributed by atoms with Crippen LogP contribution in [0.15, 0.2) is 54.9 Å². The molecule has 0 fully saturated rings. The number of halogens is 4. The van der Waals surface area contributed by atoms with Crippen molar-refractivity contribution in [2.24, 2.45) is 0 Å². The van der Waals surface area contributed by atoms with Crippen molar-refractivity contribution in [1.82, 2.24) is 15.0 Å². The molecule has 148 valence electrons. The number of methoxy groups -OCH3 is 1. The zero-order valence-corrected chi connectivity index (χ0v) is 14.9. The van der Waals surface area contributed by atoms with E-state index in [1.54, 1.807) is 6.07 Å². The number of aromatic nitrogens is 3. The Morgan fingerprint density at radius 3 is 2.52 bits per heavy atom. The highest BCUT2D eigenvalue weighted by Crippen LogP contribution is 2.38. The van der Waals surface area contributed by atoms with Crippen molar-refractivity contribution < 1.29 is 27.0 Å². The Labute approximate surface area is 161 Å². The Balaban J connectivity index is 1.72. The number of H-pyrrole nitrogens is 1. The van der Waals surface area contributed by atoms with Crippen LogP contribution in [0.2, 0.25) is 0 Å². The van der Waals surface area contributed by atoms with Crippen molar-refractivity contribution in [3.8, 4) is 28.6 Å². The van der Waals surface area contributed by atoms with Crippen LogP contribution in [-0.4, -0.2) is 22.1 Å². The lowest BCUT2D eigenvalue weighted by Gasteiger charge is -2.13. The Hall–Kier alpha value is -3.62. The highest BCUT2D eigenvalue weighted by atomic mass is 19.4. The van der Waals surface area contributed by atoms with Gasteiger partial charge in [-0.15, -0.1) is 0 Å². The number of benzene rings is 2. The van der Waals surface area contributed by atoms with E-state index in [2.05, 4.69) is 15.0 Å². The smallest absolute Gasteiger partial charge is 0.419 e. The fourth-order valence-corrected chi connectivity index (χ4v) is 2.82. The van der Waals surface area contributed by atoms with Crippen LogP contribution in [0.1, 0.15) is 5.56 Å². The third-order valence-corrected chi connectivity index (χ3v) is 4.21. The Kier molecular flexibility index (Phi) is 4.57. The molecule has 0 unspecified atom stereocenters. The quantitative estimate of drug-likeness (QED) is 0.452. The van der Waals surface area contributed by atoms with Gasteiger partial charge in [0.25, 0.3) is 0 Å². The zero-order chi connectivity index (χ0) is 20.6. The van der Waals surface area contributed by atoms with E-state index in [-0.39, 0.29) is 22.9 Å². The molecule has 0 spiro atoms. The van der Waals surface area contributed by atoms with E-state index in [4.69, 9.17) is 9.47 Å². The van der Waals surface area contributed by atoms with Gasteiger partial charge in [-0.25, -0.2) is 14.4 Å². The second kappa shape index (κ2) is 7.08. The van der Waals surface area contributed by atoms with E-state index in [1.807, 2.05) is 0 Å². The average molecular weight is 403 g/mol. The van der Waals surface area contributed by atoms with Crippen LogP contribution >= 0.6 is 0 Å². The summed E-state index contributed by atoms with van der Waals surface area (Å²) in [6.07, 6.45) is -1.70. The molecule has 5 nitrogen and oxygen atoms in total. The molecule has 0 radical (unpaired) electrons. The van der Waals surface area contributed by atoms with E-state index >= 15 is 0 Å². The molecule has 0 saturated heterocycles. The van der Waals surface area contributed by atoms with E-state index < -0.39 is 17.6 Å². The minimum absolute atomic E-state index is 0.0300. The van der Waals surface area contributed by atoms with Gasteiger partial charge in [0.15, 0.2) is 23.1 Å². The van der Waals surface area contributed by atoms with Crippen molar-refractivity contribution in [3.05, 3.63) is 66.2 Å². The molecule has 0 saturated carbocycles. The van der Waals surface area contributed by atoms with Gasteiger partial charge in [-0.05, 0) is 30.3 Å². The van der Waals surface area contributed by atoms with Crippen molar-refractivity contribution in [2.45, 2.75) is 6.18 Å². The monoisotopic (exact) mass is 403 g/mol. The molecule has 4 rings (SSSR count). The van der Waals surface area contributed by atoms with E-state index in [1.165, 1.54) is 49.8 Å². The molecule has 9 heteroatoms. The van der Waals surface area contributed by atoms with Gasteiger partial charge in [-0.3, -0.25) is 0 Å². The van der Waals surface area contributed by atoms with Gasteiger partial charge in [0, 0.05) is 18.0 Å². The minimum Gasteiger partial charge on any atom is -0.496 e. The number of fused-ring (bicyclic) bond motifs is 1. The number of alkyl halides is 3. The molecule has 1 N–H and O–H groups in total. The third kappa shape index (κ3) is 3.58. The predicted molar refractivity (Wildman–Crippen MR) is 97.4 cm³/mol. The molecular weight excluding hydrogens is 390 g/mol. The first kappa shape index (κ1) is 18.7. The number of ether oxygens (including phenoxy) is 2. The van der Waals surface area contributed by atoms with E-state index in [0.29, 0.717) is 16.8 Å². The second-order valence-electron chi connectivity index (χ2n) is 6.05. The van der Waals surface area contributed by atoms with Gasteiger partial charge in [0.2, 0.25) is 0 Å². The van der Waals surface area contributed by atoms with Crippen LogP contribution in [0.4, 0.5) is 17.6 Å². The Bertz CT molecular complexity index is 1190. The Morgan fingerprint density at radius 2 is 1.79 bits per heavy atom. The molecule has 0 aliphatic rings. The van der Waals surface area contributed by atoms with Crippen LogP contribution in [-0.2, 0) is 6.18 Å². The second-order valence-corrected chi connectivity index (χ2v) is 6.05. The largest absolute Gasteiger partial charge is 0.496 e. The highest BCUT2D eigenvalue weighted by molar-refractivity contribution is 5.84. The first-order valence-electron chi connectivity index (χ1n) is 8.39. The molecule has 2 aromatic heterocycles. The van der Waals surface area contributed by atoms with E-state index in [9.17, 15) is 17.6 Å². The number of nitrogens with zero attached hydrogens (tertiary/aromatic N) is 2. The van der Waals surface area contributed by atoms with Crippen LogP contribution in [0, 0.1) is 5.82 Å². The Morgan fingerprint density at radius 1 is 1.00 bits per heavy atom. The van der Waals surface area contributed by atoms with Gasteiger partial charge >= 0.3 is 6.18 Å². The van der Waals surface area contributed by atoms with Crippen molar-refractivity contribution in [3.63, 3.8) is 0 Å². The molecule has 0 bridgehead atoms. The van der Waals surface area contributed by atoms with Gasteiger partial charge in [-0.1, -0.05) is 12.1 Å². The fourth-order valence-electron chi connectivity index (χ4n) is 2.82. The summed E-state index contributed by atoms with van der Waals surface area (Å²) in [6.45, 7) is 0. The summed E-state index contributed by atoms with van der Waals surface area (Å²) in [5.41, 5.74) is -0.409. The van der Waals surface area contributed by atoms with Gasteiger partial charge < -0.3 is 14.5 Å². The summed E-state index contributed by atoms with van der Waals surface area (Å²) in [5.74, 6) is -0.408. The molecule has 29 heavy (non-hydrogen) atoms. The van der Waals surface area contributed by atoms with Gasteiger partial charge in [0.05, 0.1) is 18.1 Å². The van der Waals surface area contributed by atoms with Crippen LogP contribution in [0.3, 0.4) is 0 Å². The number of hydrogen-bond acceptors (Lipinski definition) is 4. The van der Waals surface area contributed by atoms with E-state index in [0.717, 1.165) is 6.07 Å². The standard InChI is InChI=1S/C20H13F4N3O2/c1-28-15-7-6-11(8-13(15)20(22,23)24)18-25-9-12-17(10-26-19(12)27-18)29-16-5-3-2-4-14(16)21/h2-10H,1H3,(H,25,26,27). The normalized spacial score (nSPS) is 11.6. The maximum atomic E-state index is 13.8. The summed E-state index contributed by atoms with van der Waals surface area (Å²) >= 11 is 0. The summed E-state index contributed by atoms with van der Waals surface area (Å²) in [6, 6.07) is 9.49. The molecule has 4 aromatic rings. The van der Waals surface area contributed by atoms with Crippen molar-refractivity contribution in [1.29, 1.82) is 0 Å².